The molecule has 8 heteroatoms. The summed E-state index contributed by atoms with van der Waals surface area (Å²) >= 11 is 0. The molecule has 21 heavy (non-hydrogen) atoms. The Bertz CT molecular complexity index is 551. The van der Waals surface area contributed by atoms with Gasteiger partial charge in [-0.05, 0) is 6.08 Å². The van der Waals surface area contributed by atoms with Crippen molar-refractivity contribution in [2.45, 2.75) is 6.36 Å². The molecule has 0 aliphatic heterocycles. The van der Waals surface area contributed by atoms with Gasteiger partial charge in [0, 0.05) is 11.1 Å². The average molecular weight is 312 g/mol. The van der Waals surface area contributed by atoms with Gasteiger partial charge in [-0.3, -0.25) is 0 Å². The van der Waals surface area contributed by atoms with E-state index in [2.05, 4.69) is 31.1 Å². The molecule has 0 bridgehead atoms. The lowest BCUT2D eigenvalue weighted by molar-refractivity contribution is -0.304. The first-order valence-electron chi connectivity index (χ1n) is 5.02. The van der Waals surface area contributed by atoms with Crippen molar-refractivity contribution in [3.05, 3.63) is 72.5 Å². The standard InChI is InChI=1S/C13H10F6O2/c1-5-9(14)10(15)6(2)7(3)12(20)11(16)8(4)21-13(17,18)19/h5,20H,1-4H2/b10-9-,12-11-. The molecule has 0 unspecified atom stereocenters. The van der Waals surface area contributed by atoms with E-state index in [1.54, 1.807) is 0 Å². The van der Waals surface area contributed by atoms with Crippen LogP contribution >= 0.6 is 0 Å². The van der Waals surface area contributed by atoms with Crippen LogP contribution in [0.25, 0.3) is 0 Å². The summed E-state index contributed by atoms with van der Waals surface area (Å²) in [5, 5.41) is 9.33. The number of aliphatic hydroxyl groups is 1. The van der Waals surface area contributed by atoms with Gasteiger partial charge in [0.1, 0.15) is 0 Å². The molecule has 0 aromatic rings. The highest BCUT2D eigenvalue weighted by Crippen LogP contribution is 2.31. The molecule has 0 aliphatic carbocycles. The lowest BCUT2D eigenvalue weighted by atomic mass is 10.0. The van der Waals surface area contributed by atoms with Crippen molar-refractivity contribution in [1.29, 1.82) is 0 Å². The normalized spacial score (nSPS) is 13.8. The van der Waals surface area contributed by atoms with E-state index in [1.807, 2.05) is 0 Å². The molecule has 0 spiro atoms. The third-order valence-corrected chi connectivity index (χ3v) is 2.00. The number of halogens is 6. The maximum Gasteiger partial charge on any atom is 0.573 e. The van der Waals surface area contributed by atoms with E-state index in [-0.39, 0.29) is 0 Å². The first kappa shape index (κ1) is 18.6. The Morgan fingerprint density at radius 1 is 0.952 bits per heavy atom. The summed E-state index contributed by atoms with van der Waals surface area (Å²) in [6.07, 6.45) is -4.77. The fourth-order valence-electron chi connectivity index (χ4n) is 0.958. The number of hydrogen-bond donors (Lipinski definition) is 1. The second-order valence-corrected chi connectivity index (χ2v) is 3.46. The van der Waals surface area contributed by atoms with Gasteiger partial charge in [0.25, 0.3) is 0 Å². The highest BCUT2D eigenvalue weighted by atomic mass is 19.4. The third-order valence-electron chi connectivity index (χ3n) is 2.00. The minimum Gasteiger partial charge on any atom is -0.504 e. The maximum atomic E-state index is 13.4. The zero-order valence-corrected chi connectivity index (χ0v) is 10.5. The highest BCUT2D eigenvalue weighted by Gasteiger charge is 2.33. The lowest BCUT2D eigenvalue weighted by Gasteiger charge is -2.12. The molecule has 2 nitrogen and oxygen atoms in total. The van der Waals surface area contributed by atoms with E-state index in [9.17, 15) is 31.4 Å². The van der Waals surface area contributed by atoms with Gasteiger partial charge < -0.3 is 9.84 Å². The zero-order valence-electron chi connectivity index (χ0n) is 10.5. The molecule has 0 fully saturated rings. The summed E-state index contributed by atoms with van der Waals surface area (Å²) in [5.41, 5.74) is -1.78. The van der Waals surface area contributed by atoms with Crippen molar-refractivity contribution in [3.63, 3.8) is 0 Å². The Labute approximate surface area is 116 Å². The molecule has 0 heterocycles. The van der Waals surface area contributed by atoms with Crippen LogP contribution in [0, 0.1) is 0 Å². The molecule has 0 aromatic carbocycles. The molecular weight excluding hydrogens is 302 g/mol. The monoisotopic (exact) mass is 312 g/mol. The van der Waals surface area contributed by atoms with Crippen LogP contribution in [0.3, 0.4) is 0 Å². The molecule has 116 valence electrons. The molecule has 0 saturated carbocycles. The van der Waals surface area contributed by atoms with Crippen molar-refractivity contribution in [2.24, 2.45) is 0 Å². The topological polar surface area (TPSA) is 29.5 Å². The predicted octanol–water partition coefficient (Wildman–Crippen LogP) is 5.22. The number of allylic oxidation sites excluding steroid dienone is 5. The number of aliphatic hydroxyl groups excluding tert-OH is 1. The predicted molar refractivity (Wildman–Crippen MR) is 64.8 cm³/mol. The van der Waals surface area contributed by atoms with Crippen LogP contribution in [-0.2, 0) is 4.74 Å². The van der Waals surface area contributed by atoms with Gasteiger partial charge in [-0.2, -0.15) is 4.39 Å². The van der Waals surface area contributed by atoms with Crippen molar-refractivity contribution < 1.29 is 36.2 Å². The van der Waals surface area contributed by atoms with Gasteiger partial charge in [-0.1, -0.05) is 26.3 Å². The summed E-state index contributed by atoms with van der Waals surface area (Å²) in [7, 11) is 0. The van der Waals surface area contributed by atoms with E-state index in [0.717, 1.165) is 0 Å². The zero-order chi connectivity index (χ0) is 17.0. The van der Waals surface area contributed by atoms with Gasteiger partial charge in [-0.25, -0.2) is 8.78 Å². The molecule has 0 amide bonds. The van der Waals surface area contributed by atoms with Crippen LogP contribution in [0.5, 0.6) is 0 Å². The van der Waals surface area contributed by atoms with Crippen molar-refractivity contribution in [3.8, 4) is 0 Å². The molecule has 0 atom stereocenters. The van der Waals surface area contributed by atoms with Gasteiger partial charge in [0.2, 0.25) is 5.83 Å². The first-order valence-corrected chi connectivity index (χ1v) is 5.02. The molecule has 0 aromatic heterocycles. The molecule has 0 aliphatic rings. The van der Waals surface area contributed by atoms with Gasteiger partial charge in [-0.15, -0.1) is 13.2 Å². The third kappa shape index (κ3) is 5.25. The molecule has 0 radical (unpaired) electrons. The first-order chi connectivity index (χ1) is 9.42. The number of ether oxygens (including phenoxy) is 1. The second-order valence-electron chi connectivity index (χ2n) is 3.46. The Hall–Kier alpha value is -2.38. The van der Waals surface area contributed by atoms with Crippen LogP contribution in [0.1, 0.15) is 0 Å². The summed E-state index contributed by atoms with van der Waals surface area (Å²) in [6.45, 7) is 11.5. The summed E-state index contributed by atoms with van der Waals surface area (Å²) in [5.74, 6) is -8.15. The number of alkyl halides is 3. The number of rotatable bonds is 6. The Balaban J connectivity index is 5.41. The van der Waals surface area contributed by atoms with Crippen LogP contribution in [0.2, 0.25) is 0 Å². The SMILES string of the molecule is C=C/C(F)=C(/F)C(=C)C(=C)/C(O)=C(/F)C(=C)OC(F)(F)F. The largest absolute Gasteiger partial charge is 0.573 e. The highest BCUT2D eigenvalue weighted by molar-refractivity contribution is 5.52. The van der Waals surface area contributed by atoms with Gasteiger partial charge in [0.05, 0.1) is 0 Å². The summed E-state index contributed by atoms with van der Waals surface area (Å²) < 4.78 is 78.3. The Morgan fingerprint density at radius 2 is 1.43 bits per heavy atom. The minimum absolute atomic E-state index is 0.469. The van der Waals surface area contributed by atoms with E-state index >= 15 is 0 Å². The molecule has 0 saturated heterocycles. The Morgan fingerprint density at radius 3 is 1.81 bits per heavy atom. The van der Waals surface area contributed by atoms with E-state index in [1.165, 1.54) is 0 Å². The van der Waals surface area contributed by atoms with Crippen molar-refractivity contribution >= 4 is 0 Å². The summed E-state index contributed by atoms with van der Waals surface area (Å²) in [6, 6.07) is 0. The fraction of sp³-hybridized carbons (Fsp3) is 0.0769. The van der Waals surface area contributed by atoms with Crippen LogP contribution in [0.4, 0.5) is 26.3 Å². The van der Waals surface area contributed by atoms with Gasteiger partial charge >= 0.3 is 6.36 Å². The van der Waals surface area contributed by atoms with Crippen molar-refractivity contribution in [1.82, 2.24) is 0 Å². The van der Waals surface area contributed by atoms with E-state index in [4.69, 9.17) is 0 Å². The molecule has 1 N–H and O–H groups in total. The second kappa shape index (κ2) is 6.87. The molecule has 0 rings (SSSR count). The molecular formula is C13H10F6O2. The average Bonchev–Trinajstić information content (AvgIpc) is 2.40. The van der Waals surface area contributed by atoms with Crippen LogP contribution in [-0.4, -0.2) is 11.5 Å². The quantitative estimate of drug-likeness (QED) is 0.414. The fourth-order valence-corrected chi connectivity index (χ4v) is 0.958. The van der Waals surface area contributed by atoms with E-state index < -0.39 is 46.5 Å². The van der Waals surface area contributed by atoms with Gasteiger partial charge in [0.15, 0.2) is 23.2 Å². The lowest BCUT2D eigenvalue weighted by Crippen LogP contribution is -2.13. The van der Waals surface area contributed by atoms with Crippen molar-refractivity contribution in [2.75, 3.05) is 0 Å². The smallest absolute Gasteiger partial charge is 0.504 e. The van der Waals surface area contributed by atoms with Crippen LogP contribution in [0.15, 0.2) is 72.5 Å². The maximum absolute atomic E-state index is 13.4. The Kier molecular flexibility index (Phi) is 6.09. The minimum atomic E-state index is -5.24. The van der Waals surface area contributed by atoms with Crippen LogP contribution < -0.4 is 0 Å². The summed E-state index contributed by atoms with van der Waals surface area (Å²) in [4.78, 5) is 0. The number of hydrogen-bond acceptors (Lipinski definition) is 2. The van der Waals surface area contributed by atoms with E-state index in [0.29, 0.717) is 6.08 Å².